The monoisotopic (exact) mass is 286 g/mol. The Balaban J connectivity index is 3.64. The number of pyridine rings is 1. The average Bonchev–Trinajstić information content (AvgIpc) is 2.15. The van der Waals surface area contributed by atoms with Crippen molar-refractivity contribution in [1.29, 1.82) is 5.26 Å². The zero-order valence-electron chi connectivity index (χ0n) is 7.29. The molecular formula is C7H2Cl2F2N2O2S. The molecule has 0 aliphatic rings. The SMILES string of the molecule is N#Cc1nc(S(=O)(=O)Cl)c(C(F)F)cc1Cl. The van der Waals surface area contributed by atoms with Gasteiger partial charge in [-0.1, -0.05) is 11.6 Å². The second kappa shape index (κ2) is 4.49. The summed E-state index contributed by atoms with van der Waals surface area (Å²) in [7, 11) is 0.456. The standard InChI is InChI=1S/C7H2Cl2F2N2O2S/c8-4-1-3(6(10)11)7(16(9,14)15)13-5(4)2-12/h1,6H. The van der Waals surface area contributed by atoms with Crippen LogP contribution in [0.3, 0.4) is 0 Å². The second-order valence-corrected chi connectivity index (χ2v) is 5.45. The number of halogens is 4. The van der Waals surface area contributed by atoms with Crippen LogP contribution < -0.4 is 0 Å². The highest BCUT2D eigenvalue weighted by atomic mass is 35.7. The Morgan fingerprint density at radius 1 is 1.50 bits per heavy atom. The minimum absolute atomic E-state index is 0.359. The summed E-state index contributed by atoms with van der Waals surface area (Å²) in [4.78, 5) is 3.19. The molecule has 4 nitrogen and oxygen atoms in total. The first-order chi connectivity index (χ1) is 7.27. The van der Waals surface area contributed by atoms with Crippen molar-refractivity contribution in [3.05, 3.63) is 22.3 Å². The van der Waals surface area contributed by atoms with Gasteiger partial charge in [0.05, 0.1) is 10.6 Å². The van der Waals surface area contributed by atoms with Gasteiger partial charge in [-0.25, -0.2) is 22.2 Å². The van der Waals surface area contributed by atoms with E-state index in [1.807, 2.05) is 0 Å². The lowest BCUT2D eigenvalue weighted by Gasteiger charge is -2.06. The molecule has 0 fully saturated rings. The van der Waals surface area contributed by atoms with Crippen LogP contribution in [0.4, 0.5) is 8.78 Å². The van der Waals surface area contributed by atoms with Gasteiger partial charge in [-0.2, -0.15) is 5.26 Å². The number of alkyl halides is 2. The number of hydrogen-bond acceptors (Lipinski definition) is 4. The summed E-state index contributed by atoms with van der Waals surface area (Å²) >= 11 is 5.44. The lowest BCUT2D eigenvalue weighted by atomic mass is 10.2. The molecule has 0 aliphatic carbocycles. The summed E-state index contributed by atoms with van der Waals surface area (Å²) in [5, 5.41) is 7.11. The molecule has 0 aromatic carbocycles. The fraction of sp³-hybridized carbons (Fsp3) is 0.143. The van der Waals surface area contributed by atoms with Gasteiger partial charge in [0.15, 0.2) is 10.7 Å². The molecule has 0 unspecified atom stereocenters. The molecular weight excluding hydrogens is 285 g/mol. The molecule has 0 spiro atoms. The van der Waals surface area contributed by atoms with Gasteiger partial charge < -0.3 is 0 Å². The normalized spacial score (nSPS) is 11.5. The highest BCUT2D eigenvalue weighted by Crippen LogP contribution is 2.30. The van der Waals surface area contributed by atoms with Crippen molar-refractivity contribution < 1.29 is 17.2 Å². The van der Waals surface area contributed by atoms with Crippen LogP contribution in [0.1, 0.15) is 17.7 Å². The van der Waals surface area contributed by atoms with E-state index in [9.17, 15) is 17.2 Å². The molecule has 1 heterocycles. The summed E-state index contributed by atoms with van der Waals surface area (Å²) in [6.45, 7) is 0. The first-order valence-electron chi connectivity index (χ1n) is 3.60. The molecule has 16 heavy (non-hydrogen) atoms. The molecule has 86 valence electrons. The maximum Gasteiger partial charge on any atom is 0.279 e. The van der Waals surface area contributed by atoms with Crippen molar-refractivity contribution in [2.24, 2.45) is 0 Å². The third-order valence-electron chi connectivity index (χ3n) is 1.54. The van der Waals surface area contributed by atoms with Crippen molar-refractivity contribution in [1.82, 2.24) is 4.98 Å². The van der Waals surface area contributed by atoms with Gasteiger partial charge in [-0.3, -0.25) is 0 Å². The van der Waals surface area contributed by atoms with Crippen LogP contribution in [0.15, 0.2) is 11.1 Å². The summed E-state index contributed by atoms with van der Waals surface area (Å²) < 4.78 is 46.8. The second-order valence-electron chi connectivity index (χ2n) is 2.56. The average molecular weight is 287 g/mol. The highest BCUT2D eigenvalue weighted by molar-refractivity contribution is 8.13. The Labute approximate surface area is 98.8 Å². The van der Waals surface area contributed by atoms with Crippen molar-refractivity contribution >= 4 is 31.3 Å². The van der Waals surface area contributed by atoms with Crippen LogP contribution in [-0.2, 0) is 9.05 Å². The fourth-order valence-corrected chi connectivity index (χ4v) is 2.12. The summed E-state index contributed by atoms with van der Waals surface area (Å²) in [6, 6.07) is 2.12. The molecule has 0 aliphatic heterocycles. The minimum Gasteiger partial charge on any atom is -0.222 e. The first kappa shape index (κ1) is 13.1. The van der Waals surface area contributed by atoms with Gasteiger partial charge >= 0.3 is 0 Å². The summed E-state index contributed by atoms with van der Waals surface area (Å²) in [5.74, 6) is 0. The van der Waals surface area contributed by atoms with Gasteiger partial charge in [-0.15, -0.1) is 0 Å². The number of aromatic nitrogens is 1. The van der Waals surface area contributed by atoms with Gasteiger partial charge in [0, 0.05) is 10.7 Å². The van der Waals surface area contributed by atoms with Crippen molar-refractivity contribution in [3.8, 4) is 6.07 Å². The van der Waals surface area contributed by atoms with Crippen LogP contribution in [0.5, 0.6) is 0 Å². The molecule has 1 aromatic rings. The van der Waals surface area contributed by atoms with Crippen molar-refractivity contribution in [2.45, 2.75) is 11.5 Å². The minimum atomic E-state index is -4.46. The van der Waals surface area contributed by atoms with E-state index in [0.29, 0.717) is 6.07 Å². The zero-order valence-corrected chi connectivity index (χ0v) is 9.61. The predicted octanol–water partition coefficient (Wildman–Crippen LogP) is 2.47. The Bertz CT molecular complexity index is 568. The Hall–Kier alpha value is -0.970. The molecule has 1 aromatic heterocycles. The fourth-order valence-electron chi connectivity index (χ4n) is 0.916. The van der Waals surface area contributed by atoms with E-state index in [1.165, 1.54) is 6.07 Å². The molecule has 9 heteroatoms. The molecule has 0 atom stereocenters. The van der Waals surface area contributed by atoms with E-state index in [0.717, 1.165) is 0 Å². The molecule has 0 N–H and O–H groups in total. The van der Waals surface area contributed by atoms with E-state index in [4.69, 9.17) is 27.5 Å². The molecule has 0 bridgehead atoms. The van der Waals surface area contributed by atoms with E-state index < -0.39 is 31.8 Å². The summed E-state index contributed by atoms with van der Waals surface area (Å²) in [5.41, 5.74) is -1.41. The Morgan fingerprint density at radius 3 is 2.44 bits per heavy atom. The van der Waals surface area contributed by atoms with E-state index >= 15 is 0 Å². The largest absolute Gasteiger partial charge is 0.279 e. The van der Waals surface area contributed by atoms with Crippen LogP contribution >= 0.6 is 22.3 Å². The van der Waals surface area contributed by atoms with E-state index in [2.05, 4.69) is 4.98 Å². The molecule has 1 rings (SSSR count). The number of rotatable bonds is 2. The van der Waals surface area contributed by atoms with Gasteiger partial charge in [-0.05, 0) is 6.07 Å². The number of hydrogen-bond donors (Lipinski definition) is 0. The molecule has 0 saturated heterocycles. The third-order valence-corrected chi connectivity index (χ3v) is 3.06. The van der Waals surface area contributed by atoms with E-state index in [-0.39, 0.29) is 5.02 Å². The zero-order chi connectivity index (χ0) is 12.5. The maximum atomic E-state index is 12.5. The third kappa shape index (κ3) is 2.58. The van der Waals surface area contributed by atoms with Crippen molar-refractivity contribution in [2.75, 3.05) is 0 Å². The van der Waals surface area contributed by atoms with Crippen LogP contribution in [0.2, 0.25) is 5.02 Å². The first-order valence-corrected chi connectivity index (χ1v) is 6.29. The van der Waals surface area contributed by atoms with Gasteiger partial charge in [0.1, 0.15) is 6.07 Å². The predicted molar refractivity (Wildman–Crippen MR) is 52.0 cm³/mol. The van der Waals surface area contributed by atoms with Gasteiger partial charge in [0.25, 0.3) is 15.5 Å². The van der Waals surface area contributed by atoms with Crippen LogP contribution in [0.25, 0.3) is 0 Å². The Morgan fingerprint density at radius 2 is 2.06 bits per heavy atom. The number of nitrogens with zero attached hydrogens (tertiary/aromatic N) is 2. The maximum absolute atomic E-state index is 12.5. The molecule has 0 radical (unpaired) electrons. The number of nitriles is 1. The lowest BCUT2D eigenvalue weighted by Crippen LogP contribution is -2.04. The summed E-state index contributed by atoms with van der Waals surface area (Å²) in [6.07, 6.45) is -3.11. The smallest absolute Gasteiger partial charge is 0.222 e. The lowest BCUT2D eigenvalue weighted by molar-refractivity contribution is 0.147. The topological polar surface area (TPSA) is 70.8 Å². The highest BCUT2D eigenvalue weighted by Gasteiger charge is 2.25. The Kier molecular flexibility index (Phi) is 3.68. The van der Waals surface area contributed by atoms with Crippen LogP contribution in [-0.4, -0.2) is 13.4 Å². The van der Waals surface area contributed by atoms with Crippen LogP contribution in [0, 0.1) is 11.3 Å². The quantitative estimate of drug-likeness (QED) is 0.783. The molecule has 0 amide bonds. The van der Waals surface area contributed by atoms with Gasteiger partial charge in [0.2, 0.25) is 0 Å². The molecule has 0 saturated carbocycles. The van der Waals surface area contributed by atoms with Crippen molar-refractivity contribution in [3.63, 3.8) is 0 Å². The van der Waals surface area contributed by atoms with E-state index in [1.54, 1.807) is 0 Å².